The summed E-state index contributed by atoms with van der Waals surface area (Å²) in [6, 6.07) is 14.4. The van der Waals surface area contributed by atoms with Gasteiger partial charge in [-0.15, -0.1) is 0 Å². The molecule has 294 valence electrons. The molecule has 6 aliphatic heterocycles. The number of nitrogens with zero attached hydrogens (tertiary/aromatic N) is 7. The molecule has 2 aromatic carbocycles. The van der Waals surface area contributed by atoms with Crippen molar-refractivity contribution in [3.05, 3.63) is 87.9 Å². The largest absolute Gasteiger partial charge is 0.371 e. The molecule has 6 aliphatic rings. The molecule has 13 nitrogen and oxygen atoms in total. The van der Waals surface area contributed by atoms with Gasteiger partial charge in [-0.3, -0.25) is 34.2 Å². The molecule has 14 heteroatoms. The summed E-state index contributed by atoms with van der Waals surface area (Å²) in [7, 11) is 0. The van der Waals surface area contributed by atoms with Gasteiger partial charge in [0.2, 0.25) is 17.5 Å². The number of rotatable bonds is 6. The molecule has 2 atom stereocenters. The van der Waals surface area contributed by atoms with Gasteiger partial charge in [0.15, 0.2) is 0 Å². The lowest BCUT2D eigenvalue weighted by molar-refractivity contribution is -0.136. The Morgan fingerprint density at radius 2 is 1.61 bits per heavy atom. The Bertz CT molecular complexity index is 2200. The predicted octanol–water partition coefficient (Wildman–Crippen LogP) is 5.56. The van der Waals surface area contributed by atoms with Gasteiger partial charge < -0.3 is 19.6 Å². The zero-order valence-corrected chi connectivity index (χ0v) is 32.7. The maximum Gasteiger partial charge on any atom is 0.262 e. The summed E-state index contributed by atoms with van der Waals surface area (Å²) in [5, 5.41) is 2.74. The third-order valence-electron chi connectivity index (χ3n) is 13.5. The monoisotopic (exact) mass is 788 g/mol. The number of halogens is 1. The van der Waals surface area contributed by atoms with Crippen LogP contribution in [0, 0.1) is 23.8 Å². The fourth-order valence-corrected chi connectivity index (χ4v) is 10.4. The van der Waals surface area contributed by atoms with Crippen LogP contribution in [-0.4, -0.2) is 102 Å². The average Bonchev–Trinajstić information content (AvgIpc) is 3.65. The van der Waals surface area contributed by atoms with E-state index in [1.54, 1.807) is 18.3 Å². The molecule has 5 amide bonds. The molecule has 1 spiro atoms. The number of carbonyl (C=O) groups excluding carboxylic acids is 5. The smallest absolute Gasteiger partial charge is 0.262 e. The number of imide groups is 2. The molecule has 0 bridgehead atoms. The zero-order valence-electron chi connectivity index (χ0n) is 32.0. The third-order valence-corrected chi connectivity index (χ3v) is 13.8. The highest BCUT2D eigenvalue weighted by molar-refractivity contribution is 6.33. The number of fused-ring (bicyclic) bond motifs is 1. The van der Waals surface area contributed by atoms with E-state index in [9.17, 15) is 24.0 Å². The second-order valence-corrected chi connectivity index (χ2v) is 17.2. The minimum atomic E-state index is -0.981. The average molecular weight is 789 g/mol. The fourth-order valence-electron chi connectivity index (χ4n) is 10.1. The van der Waals surface area contributed by atoms with E-state index in [0.717, 1.165) is 100 Å². The zero-order chi connectivity index (χ0) is 39.6. The maximum absolute atomic E-state index is 13.4. The van der Waals surface area contributed by atoms with Crippen molar-refractivity contribution in [1.29, 1.82) is 0 Å². The standard InChI is InChI=1S/C43H45ClN8O5/c1-26-21-43(25-51(26)31-5-7-35(45-2)34(44)20-31)13-17-49(18-14-43)37-9-3-28(22-46-37)40(55)50-23-29(24-50)27-11-15-48(16-12-27)30-4-6-32-33(19-30)42(57)52(41(32)56)36-8-10-38(53)47-39(36)54/h3-7,9,19-20,22,26-27,29,36H,8,10-18,21,23-25H2,1H3,(H,47,53,54)/t26-,36?/m0/s1. The normalized spacial score (nSPS) is 23.8. The van der Waals surface area contributed by atoms with Crippen LogP contribution in [0.1, 0.15) is 82.9 Å². The van der Waals surface area contributed by atoms with Crippen LogP contribution >= 0.6 is 11.6 Å². The van der Waals surface area contributed by atoms with E-state index in [0.29, 0.717) is 39.7 Å². The number of nitrogens with one attached hydrogen (secondary N) is 1. The Kier molecular flexibility index (Phi) is 9.42. The van der Waals surface area contributed by atoms with Crippen LogP contribution in [0.4, 0.5) is 22.9 Å². The second-order valence-electron chi connectivity index (χ2n) is 16.8. The molecule has 0 saturated carbocycles. The summed E-state index contributed by atoms with van der Waals surface area (Å²) in [5.41, 5.74) is 3.86. The molecule has 5 fully saturated rings. The minimum Gasteiger partial charge on any atom is -0.371 e. The molecule has 9 rings (SSSR count). The van der Waals surface area contributed by atoms with Crippen molar-refractivity contribution >= 4 is 64.0 Å². The summed E-state index contributed by atoms with van der Waals surface area (Å²) in [4.78, 5) is 82.1. The topological polar surface area (TPSA) is 131 Å². The van der Waals surface area contributed by atoms with E-state index in [1.165, 1.54) is 0 Å². The van der Waals surface area contributed by atoms with E-state index in [1.807, 2.05) is 41.3 Å². The number of aromatic nitrogens is 1. The van der Waals surface area contributed by atoms with Gasteiger partial charge in [-0.2, -0.15) is 0 Å². The Labute approximate surface area is 336 Å². The van der Waals surface area contributed by atoms with Gasteiger partial charge >= 0.3 is 0 Å². The molecule has 3 aromatic rings. The van der Waals surface area contributed by atoms with Crippen molar-refractivity contribution in [2.45, 2.75) is 64.0 Å². The maximum atomic E-state index is 13.4. The summed E-state index contributed by atoms with van der Waals surface area (Å²) in [5.74, 6) is -0.142. The highest BCUT2D eigenvalue weighted by Crippen LogP contribution is 2.46. The Morgan fingerprint density at radius 3 is 2.30 bits per heavy atom. The van der Waals surface area contributed by atoms with Crippen molar-refractivity contribution in [2.75, 3.05) is 60.5 Å². The van der Waals surface area contributed by atoms with Gasteiger partial charge in [-0.25, -0.2) is 9.83 Å². The number of piperidine rings is 3. The Hall–Kier alpha value is -5.48. The number of anilines is 3. The highest BCUT2D eigenvalue weighted by Gasteiger charge is 2.46. The predicted molar refractivity (Wildman–Crippen MR) is 215 cm³/mol. The Morgan fingerprint density at radius 1 is 0.877 bits per heavy atom. The lowest BCUT2D eigenvalue weighted by atomic mass is 9.77. The van der Waals surface area contributed by atoms with E-state index >= 15 is 0 Å². The number of hydrogen-bond acceptors (Lipinski definition) is 9. The van der Waals surface area contributed by atoms with Crippen LogP contribution in [-0.2, 0) is 9.59 Å². The number of hydrogen-bond donors (Lipinski definition) is 1. The molecule has 1 N–H and O–H groups in total. The molecule has 5 saturated heterocycles. The van der Waals surface area contributed by atoms with Crippen molar-refractivity contribution < 1.29 is 24.0 Å². The van der Waals surface area contributed by atoms with Crippen LogP contribution in [0.15, 0.2) is 54.7 Å². The highest BCUT2D eigenvalue weighted by atomic mass is 35.5. The van der Waals surface area contributed by atoms with Crippen LogP contribution in [0.2, 0.25) is 5.02 Å². The fraction of sp³-hybridized carbons (Fsp3) is 0.465. The first-order valence-corrected chi connectivity index (χ1v) is 20.4. The van der Waals surface area contributed by atoms with E-state index < -0.39 is 29.7 Å². The SMILES string of the molecule is [C-]#[N+]c1ccc(N2CC3(CCN(c4ccc(C(=O)N5CC(C6CCN(c7ccc8c(c7)C(=O)N(C7CCC(=O)NC7=O)C8=O)CC6)C5)cn4)CC3)C[C@@H]2C)cc1Cl. The van der Waals surface area contributed by atoms with Crippen LogP contribution in [0.5, 0.6) is 0 Å². The first-order chi connectivity index (χ1) is 27.5. The molecule has 57 heavy (non-hydrogen) atoms. The number of likely N-dealkylation sites (tertiary alicyclic amines) is 1. The third kappa shape index (κ3) is 6.67. The molecule has 0 aliphatic carbocycles. The summed E-state index contributed by atoms with van der Waals surface area (Å²) in [6.07, 6.45) is 7.13. The summed E-state index contributed by atoms with van der Waals surface area (Å²) in [6.45, 7) is 15.5. The van der Waals surface area contributed by atoms with Gasteiger partial charge in [0, 0.05) is 80.9 Å². The van der Waals surface area contributed by atoms with Gasteiger partial charge in [0.25, 0.3) is 17.7 Å². The van der Waals surface area contributed by atoms with Gasteiger partial charge in [-0.1, -0.05) is 17.7 Å². The van der Waals surface area contributed by atoms with E-state index in [2.05, 4.69) is 31.8 Å². The lowest BCUT2D eigenvalue weighted by Gasteiger charge is -2.46. The molecule has 1 aromatic heterocycles. The number of carbonyl (C=O) groups is 5. The Balaban J connectivity index is 0.740. The summed E-state index contributed by atoms with van der Waals surface area (Å²) < 4.78 is 0. The van der Waals surface area contributed by atoms with Crippen molar-refractivity contribution in [3.63, 3.8) is 0 Å². The second kappa shape index (κ2) is 14.5. The number of pyridine rings is 1. The van der Waals surface area contributed by atoms with E-state index in [4.69, 9.17) is 23.2 Å². The van der Waals surface area contributed by atoms with Crippen molar-refractivity contribution in [2.24, 2.45) is 17.3 Å². The van der Waals surface area contributed by atoms with Gasteiger partial charge in [-0.05, 0) is 105 Å². The molecule has 0 radical (unpaired) electrons. The van der Waals surface area contributed by atoms with Crippen molar-refractivity contribution in [1.82, 2.24) is 20.1 Å². The van der Waals surface area contributed by atoms with Gasteiger partial charge in [0.1, 0.15) is 11.9 Å². The lowest BCUT2D eigenvalue weighted by Crippen LogP contribution is -2.54. The molecular formula is C43H45ClN8O5. The van der Waals surface area contributed by atoms with Crippen LogP contribution in [0.3, 0.4) is 0 Å². The first kappa shape index (κ1) is 37.1. The molecular weight excluding hydrogens is 744 g/mol. The number of amides is 5. The molecule has 1 unspecified atom stereocenters. The van der Waals surface area contributed by atoms with Gasteiger partial charge in [0.05, 0.1) is 23.3 Å². The van der Waals surface area contributed by atoms with Crippen LogP contribution < -0.4 is 20.0 Å². The molecule has 7 heterocycles. The first-order valence-electron chi connectivity index (χ1n) is 20.1. The summed E-state index contributed by atoms with van der Waals surface area (Å²) >= 11 is 6.37. The van der Waals surface area contributed by atoms with E-state index in [-0.39, 0.29) is 29.7 Å². The van der Waals surface area contributed by atoms with Crippen molar-refractivity contribution in [3.8, 4) is 0 Å². The van der Waals surface area contributed by atoms with Crippen LogP contribution in [0.25, 0.3) is 4.85 Å². The number of benzene rings is 2. The quantitative estimate of drug-likeness (QED) is 0.252. The minimum absolute atomic E-state index is 0.0219.